The molecule has 1 aliphatic carbocycles. The molecule has 0 atom stereocenters. The van der Waals surface area contributed by atoms with Gasteiger partial charge >= 0.3 is 0 Å². The second-order valence-corrected chi connectivity index (χ2v) is 5.64. The molecule has 2 heterocycles. The van der Waals surface area contributed by atoms with E-state index in [1.54, 1.807) is 19.1 Å². The second kappa shape index (κ2) is 5.44. The zero-order valence-corrected chi connectivity index (χ0v) is 12.4. The van der Waals surface area contributed by atoms with E-state index in [4.69, 9.17) is 16.1 Å². The van der Waals surface area contributed by atoms with Crippen LogP contribution in [0.1, 0.15) is 47.8 Å². The van der Waals surface area contributed by atoms with E-state index >= 15 is 0 Å². The first-order valence-electron chi connectivity index (χ1n) is 6.84. The van der Waals surface area contributed by atoms with Gasteiger partial charge in [-0.2, -0.15) is 4.98 Å². The maximum absolute atomic E-state index is 12.4. The summed E-state index contributed by atoms with van der Waals surface area (Å²) in [5, 5.41) is 7.40. The fourth-order valence-corrected chi connectivity index (χ4v) is 2.79. The standard InChI is InChI=1S/C14H15ClN4O2/c1-9-17-13(19-21-9)14(6-2-3-7-14)18-12(20)10-4-5-11(15)16-8-10/h4-5,8H,2-3,6-7H2,1H3,(H,18,20). The van der Waals surface area contributed by atoms with E-state index in [0.717, 1.165) is 25.7 Å². The van der Waals surface area contributed by atoms with Crippen molar-refractivity contribution < 1.29 is 9.32 Å². The number of pyridine rings is 1. The van der Waals surface area contributed by atoms with E-state index in [9.17, 15) is 4.79 Å². The molecular formula is C14H15ClN4O2. The van der Waals surface area contributed by atoms with E-state index in [1.807, 2.05) is 0 Å². The van der Waals surface area contributed by atoms with Crippen LogP contribution in [0.3, 0.4) is 0 Å². The highest BCUT2D eigenvalue weighted by Gasteiger charge is 2.41. The Hall–Kier alpha value is -1.95. The molecule has 1 saturated carbocycles. The van der Waals surface area contributed by atoms with Gasteiger partial charge in [0.05, 0.1) is 5.56 Å². The third-order valence-corrected chi connectivity index (χ3v) is 3.98. The molecule has 0 aromatic carbocycles. The Morgan fingerprint density at radius 1 is 1.38 bits per heavy atom. The number of amides is 1. The number of hydrogen-bond acceptors (Lipinski definition) is 5. The van der Waals surface area contributed by atoms with Crippen LogP contribution in [0.2, 0.25) is 5.15 Å². The maximum atomic E-state index is 12.4. The van der Waals surface area contributed by atoms with Crippen LogP contribution >= 0.6 is 11.6 Å². The number of nitrogens with one attached hydrogen (secondary N) is 1. The molecule has 0 radical (unpaired) electrons. The monoisotopic (exact) mass is 306 g/mol. The first-order chi connectivity index (χ1) is 10.1. The van der Waals surface area contributed by atoms with Crippen LogP contribution in [0.25, 0.3) is 0 Å². The summed E-state index contributed by atoms with van der Waals surface area (Å²) in [6.45, 7) is 1.74. The van der Waals surface area contributed by atoms with Gasteiger partial charge in [-0.25, -0.2) is 4.98 Å². The predicted molar refractivity (Wildman–Crippen MR) is 75.9 cm³/mol. The van der Waals surface area contributed by atoms with Gasteiger partial charge in [0.25, 0.3) is 5.91 Å². The van der Waals surface area contributed by atoms with Gasteiger partial charge in [-0.3, -0.25) is 4.79 Å². The summed E-state index contributed by atoms with van der Waals surface area (Å²) < 4.78 is 5.06. The Balaban J connectivity index is 1.85. The zero-order valence-electron chi connectivity index (χ0n) is 11.6. The number of halogens is 1. The molecule has 0 bridgehead atoms. The highest BCUT2D eigenvalue weighted by Crippen LogP contribution is 2.37. The van der Waals surface area contributed by atoms with Gasteiger partial charge in [-0.15, -0.1) is 0 Å². The van der Waals surface area contributed by atoms with E-state index in [2.05, 4.69) is 20.4 Å². The van der Waals surface area contributed by atoms with Crippen LogP contribution < -0.4 is 5.32 Å². The largest absolute Gasteiger partial charge is 0.340 e. The van der Waals surface area contributed by atoms with E-state index < -0.39 is 5.54 Å². The molecule has 0 spiro atoms. The van der Waals surface area contributed by atoms with Crippen LogP contribution in [-0.4, -0.2) is 21.0 Å². The van der Waals surface area contributed by atoms with Gasteiger partial charge in [-0.1, -0.05) is 29.6 Å². The SMILES string of the molecule is Cc1nc(C2(NC(=O)c3ccc(Cl)nc3)CCCC2)no1. The number of aromatic nitrogens is 3. The molecule has 21 heavy (non-hydrogen) atoms. The number of hydrogen-bond donors (Lipinski definition) is 1. The first kappa shape index (κ1) is 14.0. The molecule has 1 N–H and O–H groups in total. The highest BCUT2D eigenvalue weighted by atomic mass is 35.5. The molecule has 2 aromatic rings. The number of aryl methyl sites for hydroxylation is 1. The van der Waals surface area contributed by atoms with E-state index in [1.165, 1.54) is 6.20 Å². The zero-order chi connectivity index (χ0) is 14.9. The minimum atomic E-state index is -0.547. The molecule has 1 fully saturated rings. The van der Waals surface area contributed by atoms with Gasteiger partial charge in [0.1, 0.15) is 10.7 Å². The molecule has 1 aliphatic rings. The molecule has 0 saturated heterocycles. The summed E-state index contributed by atoms with van der Waals surface area (Å²) >= 11 is 5.74. The van der Waals surface area contributed by atoms with Crippen molar-refractivity contribution in [1.82, 2.24) is 20.4 Å². The highest BCUT2D eigenvalue weighted by molar-refractivity contribution is 6.29. The fourth-order valence-electron chi connectivity index (χ4n) is 2.68. The van der Waals surface area contributed by atoms with Gasteiger partial charge in [0, 0.05) is 13.1 Å². The van der Waals surface area contributed by atoms with Crippen molar-refractivity contribution in [2.45, 2.75) is 38.1 Å². The average molecular weight is 307 g/mol. The van der Waals surface area contributed by atoms with Crippen LogP contribution in [0, 0.1) is 6.92 Å². The van der Waals surface area contributed by atoms with Crippen LogP contribution in [0.15, 0.2) is 22.9 Å². The van der Waals surface area contributed by atoms with Crippen molar-refractivity contribution in [3.05, 3.63) is 40.8 Å². The Morgan fingerprint density at radius 2 is 2.14 bits per heavy atom. The summed E-state index contributed by atoms with van der Waals surface area (Å²) in [7, 11) is 0. The molecular weight excluding hydrogens is 292 g/mol. The van der Waals surface area contributed by atoms with Gasteiger partial charge < -0.3 is 9.84 Å². The smallest absolute Gasteiger partial charge is 0.253 e. The van der Waals surface area contributed by atoms with Crippen molar-refractivity contribution in [2.24, 2.45) is 0 Å². The molecule has 1 amide bonds. The Kier molecular flexibility index (Phi) is 3.63. The minimum Gasteiger partial charge on any atom is -0.340 e. The summed E-state index contributed by atoms with van der Waals surface area (Å²) in [6.07, 6.45) is 5.11. The number of rotatable bonds is 3. The molecule has 0 aliphatic heterocycles. The summed E-state index contributed by atoms with van der Waals surface area (Å²) in [4.78, 5) is 20.6. The topological polar surface area (TPSA) is 80.9 Å². The number of nitrogens with zero attached hydrogens (tertiary/aromatic N) is 3. The molecule has 3 rings (SSSR count). The third kappa shape index (κ3) is 2.76. The average Bonchev–Trinajstić information content (AvgIpc) is 3.09. The Bertz CT molecular complexity index is 647. The fraction of sp³-hybridized carbons (Fsp3) is 0.429. The Labute approximate surface area is 126 Å². The summed E-state index contributed by atoms with van der Waals surface area (Å²) in [6, 6.07) is 3.24. The van der Waals surface area contributed by atoms with Crippen molar-refractivity contribution in [3.8, 4) is 0 Å². The summed E-state index contributed by atoms with van der Waals surface area (Å²) in [5.41, 5.74) is -0.0834. The lowest BCUT2D eigenvalue weighted by Crippen LogP contribution is -2.44. The van der Waals surface area contributed by atoms with Crippen LogP contribution in [0.5, 0.6) is 0 Å². The van der Waals surface area contributed by atoms with E-state index in [0.29, 0.717) is 22.4 Å². The van der Waals surface area contributed by atoms with Crippen molar-refractivity contribution >= 4 is 17.5 Å². The predicted octanol–water partition coefficient (Wildman–Crippen LogP) is 2.63. The third-order valence-electron chi connectivity index (χ3n) is 3.76. The Morgan fingerprint density at radius 3 is 2.71 bits per heavy atom. The van der Waals surface area contributed by atoms with Crippen molar-refractivity contribution in [3.63, 3.8) is 0 Å². The van der Waals surface area contributed by atoms with Gasteiger partial charge in [0.15, 0.2) is 5.82 Å². The number of carbonyl (C=O) groups excluding carboxylic acids is 1. The van der Waals surface area contributed by atoms with E-state index in [-0.39, 0.29) is 5.91 Å². The first-order valence-corrected chi connectivity index (χ1v) is 7.22. The molecule has 2 aromatic heterocycles. The molecule has 7 heteroatoms. The molecule has 110 valence electrons. The van der Waals surface area contributed by atoms with Gasteiger partial charge in [0.2, 0.25) is 5.89 Å². The number of carbonyl (C=O) groups is 1. The van der Waals surface area contributed by atoms with Crippen LogP contribution in [-0.2, 0) is 5.54 Å². The normalized spacial score (nSPS) is 16.9. The quantitative estimate of drug-likeness (QED) is 0.882. The minimum absolute atomic E-state index is 0.205. The second-order valence-electron chi connectivity index (χ2n) is 5.25. The molecule has 6 nitrogen and oxygen atoms in total. The maximum Gasteiger partial charge on any atom is 0.253 e. The van der Waals surface area contributed by atoms with Crippen molar-refractivity contribution in [2.75, 3.05) is 0 Å². The van der Waals surface area contributed by atoms with Crippen LogP contribution in [0.4, 0.5) is 0 Å². The lowest BCUT2D eigenvalue weighted by atomic mass is 9.96. The lowest BCUT2D eigenvalue weighted by molar-refractivity contribution is 0.0891. The van der Waals surface area contributed by atoms with Crippen molar-refractivity contribution in [1.29, 1.82) is 0 Å². The summed E-state index contributed by atoms with van der Waals surface area (Å²) in [5.74, 6) is 0.843. The molecule has 0 unspecified atom stereocenters. The van der Waals surface area contributed by atoms with Gasteiger partial charge in [-0.05, 0) is 25.0 Å². The lowest BCUT2D eigenvalue weighted by Gasteiger charge is -2.26.